The van der Waals surface area contributed by atoms with Gasteiger partial charge in [-0.15, -0.1) is 11.3 Å². The highest BCUT2D eigenvalue weighted by Crippen LogP contribution is 2.40. The number of nitrogens with one attached hydrogen (secondary N) is 1. The molecule has 0 aliphatic carbocycles. The third-order valence-electron chi connectivity index (χ3n) is 4.84. The van der Waals surface area contributed by atoms with Gasteiger partial charge in [0.05, 0.1) is 17.4 Å². The normalized spacial score (nSPS) is 15.7. The van der Waals surface area contributed by atoms with Crippen molar-refractivity contribution in [1.82, 2.24) is 14.9 Å². The van der Waals surface area contributed by atoms with Crippen LogP contribution in [0.2, 0.25) is 0 Å². The van der Waals surface area contributed by atoms with E-state index in [1.807, 2.05) is 4.72 Å². The van der Waals surface area contributed by atoms with Gasteiger partial charge < -0.3 is 14.9 Å². The molecular weight excluding hydrogens is 466 g/mol. The van der Waals surface area contributed by atoms with Crippen LogP contribution in [-0.4, -0.2) is 60.7 Å². The summed E-state index contributed by atoms with van der Waals surface area (Å²) in [5.41, 5.74) is -1.10. The summed E-state index contributed by atoms with van der Waals surface area (Å²) in [4.78, 5) is 20.4. The lowest BCUT2D eigenvalue weighted by Crippen LogP contribution is -2.45. The lowest BCUT2D eigenvalue weighted by molar-refractivity contribution is -0.139. The molecule has 1 aliphatic heterocycles. The maximum atomic E-state index is 14.9. The van der Waals surface area contributed by atoms with E-state index in [1.54, 1.807) is 0 Å². The number of thiazole rings is 1. The monoisotopic (exact) mass is 483 g/mol. The first-order valence-corrected chi connectivity index (χ1v) is 11.2. The summed E-state index contributed by atoms with van der Waals surface area (Å²) < 4.78 is 82.8. The van der Waals surface area contributed by atoms with Crippen LogP contribution >= 0.6 is 11.3 Å². The van der Waals surface area contributed by atoms with Crippen molar-refractivity contribution >= 4 is 39.0 Å². The summed E-state index contributed by atoms with van der Waals surface area (Å²) in [6.07, 6.45) is -5.25. The minimum Gasteiger partial charge on any atom is -0.465 e. The Balaban J connectivity index is 1.97. The van der Waals surface area contributed by atoms with Crippen LogP contribution in [0.5, 0.6) is 0 Å². The summed E-state index contributed by atoms with van der Waals surface area (Å²) >= 11 is 1.03. The summed E-state index contributed by atoms with van der Waals surface area (Å²) in [6.45, 7) is 0.206. The number of carboxylic acid groups (broad SMARTS) is 1. The van der Waals surface area contributed by atoms with E-state index in [0.717, 1.165) is 21.1 Å². The Morgan fingerprint density at radius 3 is 2.48 bits per heavy atom. The smallest absolute Gasteiger partial charge is 0.421 e. The van der Waals surface area contributed by atoms with Gasteiger partial charge in [0.25, 0.3) is 10.0 Å². The van der Waals surface area contributed by atoms with Crippen LogP contribution in [0.4, 0.5) is 33.9 Å². The van der Waals surface area contributed by atoms with Crippen LogP contribution in [0, 0.1) is 5.82 Å². The maximum Gasteiger partial charge on any atom is 0.421 e. The number of piperidine rings is 1. The lowest BCUT2D eigenvalue weighted by Gasteiger charge is -2.37. The van der Waals surface area contributed by atoms with E-state index in [-0.39, 0.29) is 31.7 Å². The number of alkyl halides is 3. The quantitative estimate of drug-likeness (QED) is 0.628. The minimum atomic E-state index is -5.21. The number of anilines is 2. The van der Waals surface area contributed by atoms with Crippen molar-refractivity contribution in [3.05, 3.63) is 28.5 Å². The van der Waals surface area contributed by atoms with Crippen molar-refractivity contribution in [2.45, 2.75) is 30.1 Å². The third-order valence-corrected chi connectivity index (χ3v) is 6.70. The van der Waals surface area contributed by atoms with E-state index in [2.05, 4.69) is 9.97 Å². The summed E-state index contributed by atoms with van der Waals surface area (Å²) in [6, 6.07) is -0.520. The highest BCUT2D eigenvalue weighted by Gasteiger charge is 2.42. The van der Waals surface area contributed by atoms with Crippen LogP contribution < -0.4 is 9.62 Å². The van der Waals surface area contributed by atoms with Gasteiger partial charge in [-0.25, -0.2) is 19.2 Å². The van der Waals surface area contributed by atoms with Crippen molar-refractivity contribution in [2.24, 2.45) is 0 Å². The number of pyridine rings is 1. The fourth-order valence-corrected chi connectivity index (χ4v) is 4.85. The number of sulfonamides is 1. The Kier molecular flexibility index (Phi) is 6.27. The number of amides is 1. The van der Waals surface area contributed by atoms with E-state index in [9.17, 15) is 30.8 Å². The molecule has 2 N–H and O–H groups in total. The second-order valence-corrected chi connectivity index (χ2v) is 9.04. The number of likely N-dealkylation sites (tertiary alicyclic amines) is 1. The predicted molar refractivity (Wildman–Crippen MR) is 103 cm³/mol. The number of hydrogen-bond acceptors (Lipinski definition) is 7. The average molecular weight is 483 g/mol. The zero-order valence-corrected chi connectivity index (χ0v) is 17.6. The molecule has 1 fully saturated rings. The maximum absolute atomic E-state index is 14.9. The number of hydrogen-bond donors (Lipinski definition) is 2. The van der Waals surface area contributed by atoms with Crippen molar-refractivity contribution < 1.29 is 35.9 Å². The van der Waals surface area contributed by atoms with Gasteiger partial charge in [-0.3, -0.25) is 4.72 Å². The Bertz CT molecular complexity index is 1050. The molecule has 31 heavy (non-hydrogen) atoms. The predicted octanol–water partition coefficient (Wildman–Crippen LogP) is 3.08. The standard InChI is InChI=1S/C16H17F4N5O4S2/c1-24(9-2-4-25(5-3-9)15(26)27)10-6-21-14(13(17)12(10)16(18,19)20)31(28,29)23-11-7-30-8-22-11/h6-9,23H,2-5H2,1H3,(H,26,27). The van der Waals surface area contributed by atoms with Gasteiger partial charge in [-0.1, -0.05) is 0 Å². The molecule has 1 aliphatic rings. The molecule has 1 amide bonds. The highest BCUT2D eigenvalue weighted by molar-refractivity contribution is 7.92. The van der Waals surface area contributed by atoms with Gasteiger partial charge >= 0.3 is 12.3 Å². The zero-order valence-electron chi connectivity index (χ0n) is 15.9. The van der Waals surface area contributed by atoms with Crippen LogP contribution in [0.15, 0.2) is 22.1 Å². The molecule has 2 aromatic rings. The molecule has 0 spiro atoms. The molecule has 0 radical (unpaired) electrons. The molecule has 9 nitrogen and oxygen atoms in total. The largest absolute Gasteiger partial charge is 0.465 e. The zero-order chi connectivity index (χ0) is 23.0. The highest BCUT2D eigenvalue weighted by atomic mass is 32.2. The first-order valence-electron chi connectivity index (χ1n) is 8.79. The molecule has 3 rings (SSSR count). The van der Waals surface area contributed by atoms with E-state index < -0.39 is 50.4 Å². The third kappa shape index (κ3) is 4.81. The Labute approximate surface area is 178 Å². The van der Waals surface area contributed by atoms with Gasteiger partial charge in [0.2, 0.25) is 5.03 Å². The second-order valence-electron chi connectivity index (χ2n) is 6.73. The lowest BCUT2D eigenvalue weighted by atomic mass is 10.0. The van der Waals surface area contributed by atoms with Crippen molar-refractivity contribution in [3.8, 4) is 0 Å². The first kappa shape index (κ1) is 23.0. The van der Waals surface area contributed by atoms with Crippen LogP contribution in [0.3, 0.4) is 0 Å². The van der Waals surface area contributed by atoms with Crippen molar-refractivity contribution in [1.29, 1.82) is 0 Å². The topological polar surface area (TPSA) is 116 Å². The Hall–Kier alpha value is -2.68. The first-order chi connectivity index (χ1) is 14.4. The average Bonchev–Trinajstić information content (AvgIpc) is 3.18. The van der Waals surface area contributed by atoms with Gasteiger partial charge in [0.1, 0.15) is 5.56 Å². The SMILES string of the molecule is CN(c1cnc(S(=O)(=O)Nc2cscn2)c(F)c1C(F)(F)F)C1CCN(C(=O)O)CC1. The fourth-order valence-electron chi connectivity index (χ4n) is 3.27. The van der Waals surface area contributed by atoms with E-state index >= 15 is 0 Å². The van der Waals surface area contributed by atoms with Crippen LogP contribution in [0.1, 0.15) is 18.4 Å². The summed E-state index contributed by atoms with van der Waals surface area (Å²) in [5, 5.41) is 8.89. The molecule has 0 atom stereocenters. The van der Waals surface area contributed by atoms with E-state index in [4.69, 9.17) is 5.11 Å². The van der Waals surface area contributed by atoms with Crippen molar-refractivity contribution in [3.63, 3.8) is 0 Å². The number of nitrogens with zero attached hydrogens (tertiary/aromatic N) is 4. The van der Waals surface area contributed by atoms with Crippen LogP contribution in [0.25, 0.3) is 0 Å². The molecule has 2 aromatic heterocycles. The van der Waals surface area contributed by atoms with Gasteiger partial charge in [0, 0.05) is 31.6 Å². The molecule has 0 saturated carbocycles. The molecule has 170 valence electrons. The summed E-state index contributed by atoms with van der Waals surface area (Å²) in [5.74, 6) is -2.20. The van der Waals surface area contributed by atoms with E-state index in [1.165, 1.54) is 17.9 Å². The number of rotatable bonds is 5. The minimum absolute atomic E-state index is 0.103. The molecular formula is C16H17F4N5O4S2. The number of carbonyl (C=O) groups is 1. The molecule has 0 unspecified atom stereocenters. The number of halogens is 4. The second kappa shape index (κ2) is 8.45. The molecule has 0 bridgehead atoms. The Morgan fingerprint density at radius 1 is 1.32 bits per heavy atom. The molecule has 0 aromatic carbocycles. The Morgan fingerprint density at radius 2 is 1.97 bits per heavy atom. The van der Waals surface area contributed by atoms with Gasteiger partial charge in [-0.2, -0.15) is 21.6 Å². The summed E-state index contributed by atoms with van der Waals surface area (Å²) in [7, 11) is -3.46. The van der Waals surface area contributed by atoms with Gasteiger partial charge in [-0.05, 0) is 12.8 Å². The fraction of sp³-hybridized carbons (Fsp3) is 0.438. The van der Waals surface area contributed by atoms with Gasteiger partial charge in [0.15, 0.2) is 11.6 Å². The van der Waals surface area contributed by atoms with E-state index in [0.29, 0.717) is 6.20 Å². The molecule has 15 heteroatoms. The van der Waals surface area contributed by atoms with Crippen LogP contribution in [-0.2, 0) is 16.2 Å². The number of aromatic nitrogens is 2. The van der Waals surface area contributed by atoms with Crippen molar-refractivity contribution in [2.75, 3.05) is 29.8 Å². The molecule has 3 heterocycles. The molecule has 1 saturated heterocycles.